The van der Waals surface area contributed by atoms with Gasteiger partial charge < -0.3 is 0 Å². The fourth-order valence-corrected chi connectivity index (χ4v) is 4.31. The quantitative estimate of drug-likeness (QED) is 0.707. The Morgan fingerprint density at radius 3 is 2.72 bits per heavy atom. The van der Waals surface area contributed by atoms with E-state index in [1.54, 1.807) is 19.1 Å². The van der Waals surface area contributed by atoms with E-state index in [2.05, 4.69) is 4.72 Å². The second kappa shape index (κ2) is 7.00. The number of hydrogen-bond acceptors (Lipinski definition) is 4. The summed E-state index contributed by atoms with van der Waals surface area (Å²) >= 11 is 7.38. The molecule has 0 saturated heterocycles. The summed E-state index contributed by atoms with van der Waals surface area (Å²) in [6.07, 6.45) is 1.49. The molecule has 25 heavy (non-hydrogen) atoms. The predicted octanol–water partition coefficient (Wildman–Crippen LogP) is 4.59. The summed E-state index contributed by atoms with van der Waals surface area (Å²) in [5.41, 5.74) is 1.66. The summed E-state index contributed by atoms with van der Waals surface area (Å²) in [5.74, 6) is -0.686. The molecule has 0 saturated carbocycles. The van der Waals surface area contributed by atoms with E-state index in [-0.39, 0.29) is 5.56 Å². The zero-order valence-corrected chi connectivity index (χ0v) is 15.6. The molecular formula is C18H14ClNO3S2. The van der Waals surface area contributed by atoms with Crippen LogP contribution in [0.4, 0.5) is 0 Å². The van der Waals surface area contributed by atoms with Crippen molar-refractivity contribution in [3.63, 3.8) is 0 Å². The van der Waals surface area contributed by atoms with Gasteiger partial charge in [0.15, 0.2) is 0 Å². The molecule has 1 amide bonds. The normalized spacial score (nSPS) is 11.9. The van der Waals surface area contributed by atoms with Crippen LogP contribution in [0.3, 0.4) is 0 Å². The predicted molar refractivity (Wildman–Crippen MR) is 103 cm³/mol. The maximum absolute atomic E-state index is 12.2. The Balaban J connectivity index is 1.81. The van der Waals surface area contributed by atoms with Crippen molar-refractivity contribution in [3.05, 3.63) is 75.0 Å². The molecule has 4 nitrogen and oxygen atoms in total. The van der Waals surface area contributed by atoms with Gasteiger partial charge in [0.05, 0.1) is 5.41 Å². The van der Waals surface area contributed by atoms with Crippen LogP contribution < -0.4 is 4.72 Å². The molecule has 3 rings (SSSR count). The topological polar surface area (TPSA) is 63.2 Å². The van der Waals surface area contributed by atoms with Crippen molar-refractivity contribution in [1.82, 2.24) is 4.72 Å². The van der Waals surface area contributed by atoms with Gasteiger partial charge in [-0.15, -0.1) is 11.3 Å². The van der Waals surface area contributed by atoms with Crippen LogP contribution in [-0.2, 0) is 10.0 Å². The molecule has 3 aromatic rings. The van der Waals surface area contributed by atoms with Crippen molar-refractivity contribution >= 4 is 55.0 Å². The van der Waals surface area contributed by atoms with Crippen LogP contribution in [0.25, 0.3) is 16.2 Å². The maximum Gasteiger partial charge on any atom is 0.265 e. The number of rotatable bonds is 4. The Bertz CT molecular complexity index is 1080. The summed E-state index contributed by atoms with van der Waals surface area (Å²) in [5, 5.41) is 4.34. The van der Waals surface area contributed by atoms with Crippen molar-refractivity contribution in [3.8, 4) is 0 Å². The largest absolute Gasteiger partial charge is 0.268 e. The third-order valence-corrected chi connectivity index (χ3v) is 5.79. The fraction of sp³-hybridized carbons (Fsp3) is 0.0556. The third kappa shape index (κ3) is 4.10. The number of benzene rings is 2. The number of sulfonamides is 1. The number of thiophene rings is 1. The van der Waals surface area contributed by atoms with Crippen molar-refractivity contribution in [2.24, 2.45) is 0 Å². The highest BCUT2D eigenvalue weighted by Crippen LogP contribution is 2.26. The first-order valence-electron chi connectivity index (χ1n) is 7.33. The highest BCUT2D eigenvalue weighted by molar-refractivity contribution is 7.93. The Morgan fingerprint density at radius 1 is 1.20 bits per heavy atom. The summed E-state index contributed by atoms with van der Waals surface area (Å²) < 4.78 is 27.5. The molecule has 0 spiro atoms. The lowest BCUT2D eigenvalue weighted by molar-refractivity contribution is 0.0981. The fourth-order valence-electron chi connectivity index (χ4n) is 2.39. The Morgan fingerprint density at radius 2 is 1.96 bits per heavy atom. The van der Waals surface area contributed by atoms with E-state index in [4.69, 9.17) is 11.6 Å². The Hall–Kier alpha value is -2.15. The summed E-state index contributed by atoms with van der Waals surface area (Å²) in [4.78, 5) is 12.2. The van der Waals surface area contributed by atoms with Crippen LogP contribution in [0.2, 0.25) is 5.02 Å². The number of aryl methyl sites for hydroxylation is 1. The standard InChI is InChI=1S/C18H14ClNO3S2/c1-12-10-14(19)6-7-15(12)18(21)20-25(22,23)9-8-13-11-24-17-5-3-2-4-16(13)17/h2-11H,1H3,(H,20,21). The zero-order chi connectivity index (χ0) is 18.0. The van der Waals surface area contributed by atoms with Gasteiger partial charge in [0.1, 0.15) is 0 Å². The molecule has 1 aromatic heterocycles. The molecule has 128 valence electrons. The zero-order valence-electron chi connectivity index (χ0n) is 13.2. The van der Waals surface area contributed by atoms with Crippen LogP contribution >= 0.6 is 22.9 Å². The van der Waals surface area contributed by atoms with E-state index in [9.17, 15) is 13.2 Å². The van der Waals surface area contributed by atoms with E-state index in [0.717, 1.165) is 21.1 Å². The lowest BCUT2D eigenvalue weighted by Crippen LogP contribution is -2.29. The van der Waals surface area contributed by atoms with Crippen molar-refractivity contribution < 1.29 is 13.2 Å². The first-order valence-corrected chi connectivity index (χ1v) is 10.1. The molecule has 0 aliphatic heterocycles. The molecular weight excluding hydrogens is 378 g/mol. The van der Waals surface area contributed by atoms with Gasteiger partial charge in [-0.2, -0.15) is 0 Å². The monoisotopic (exact) mass is 391 g/mol. The minimum Gasteiger partial charge on any atom is -0.268 e. The smallest absolute Gasteiger partial charge is 0.265 e. The van der Waals surface area contributed by atoms with Gasteiger partial charge in [-0.1, -0.05) is 29.8 Å². The molecule has 0 fully saturated rings. The van der Waals surface area contributed by atoms with E-state index < -0.39 is 15.9 Å². The van der Waals surface area contributed by atoms with Gasteiger partial charge in [0.2, 0.25) is 0 Å². The maximum atomic E-state index is 12.2. The molecule has 0 atom stereocenters. The molecule has 0 aliphatic carbocycles. The number of hydrogen-bond donors (Lipinski definition) is 1. The van der Waals surface area contributed by atoms with E-state index in [1.807, 2.05) is 29.6 Å². The van der Waals surface area contributed by atoms with Crippen molar-refractivity contribution in [2.75, 3.05) is 0 Å². The number of carbonyl (C=O) groups excluding carboxylic acids is 1. The van der Waals surface area contributed by atoms with E-state index in [1.165, 1.54) is 23.5 Å². The summed E-state index contributed by atoms with van der Waals surface area (Å²) in [6, 6.07) is 12.4. The van der Waals surface area contributed by atoms with E-state index >= 15 is 0 Å². The molecule has 1 N–H and O–H groups in total. The van der Waals surface area contributed by atoms with Gasteiger partial charge in [-0.25, -0.2) is 13.1 Å². The van der Waals surface area contributed by atoms with Gasteiger partial charge >= 0.3 is 0 Å². The number of nitrogens with one attached hydrogen (secondary N) is 1. The van der Waals surface area contributed by atoms with Crippen LogP contribution in [0.1, 0.15) is 21.5 Å². The Kier molecular flexibility index (Phi) is 4.94. The molecule has 0 bridgehead atoms. The van der Waals surface area contributed by atoms with Gasteiger partial charge in [-0.3, -0.25) is 4.79 Å². The minimum atomic E-state index is -3.91. The van der Waals surface area contributed by atoms with E-state index in [0.29, 0.717) is 10.6 Å². The van der Waals surface area contributed by atoms with Gasteiger partial charge in [-0.05, 0) is 59.2 Å². The van der Waals surface area contributed by atoms with Crippen molar-refractivity contribution in [1.29, 1.82) is 0 Å². The Labute approximate surface area is 154 Å². The first-order chi connectivity index (χ1) is 11.9. The molecule has 0 aliphatic rings. The number of carbonyl (C=O) groups is 1. The molecule has 1 heterocycles. The molecule has 7 heteroatoms. The highest BCUT2D eigenvalue weighted by atomic mass is 35.5. The molecule has 0 unspecified atom stereocenters. The number of halogens is 1. The van der Waals surface area contributed by atoms with Crippen LogP contribution in [-0.4, -0.2) is 14.3 Å². The first kappa shape index (κ1) is 17.7. The second-order valence-electron chi connectivity index (χ2n) is 5.43. The van der Waals surface area contributed by atoms with Crippen LogP contribution in [0.5, 0.6) is 0 Å². The molecule has 0 radical (unpaired) electrons. The second-order valence-corrected chi connectivity index (χ2v) is 8.34. The van der Waals surface area contributed by atoms with Crippen LogP contribution in [0.15, 0.2) is 53.3 Å². The van der Waals surface area contributed by atoms with Gasteiger partial charge in [0.25, 0.3) is 15.9 Å². The average Bonchev–Trinajstić information content (AvgIpc) is 2.95. The minimum absolute atomic E-state index is 0.266. The molecule has 2 aromatic carbocycles. The SMILES string of the molecule is Cc1cc(Cl)ccc1C(=O)NS(=O)(=O)C=Cc1csc2ccccc12. The average molecular weight is 392 g/mol. The highest BCUT2D eigenvalue weighted by Gasteiger charge is 2.15. The number of fused-ring (bicyclic) bond motifs is 1. The number of amides is 1. The lowest BCUT2D eigenvalue weighted by Gasteiger charge is -2.06. The van der Waals surface area contributed by atoms with Crippen molar-refractivity contribution in [2.45, 2.75) is 6.92 Å². The summed E-state index contributed by atoms with van der Waals surface area (Å²) in [6.45, 7) is 1.70. The summed E-state index contributed by atoms with van der Waals surface area (Å²) in [7, 11) is -3.91. The lowest BCUT2D eigenvalue weighted by atomic mass is 10.1. The van der Waals surface area contributed by atoms with Gasteiger partial charge in [0, 0.05) is 15.3 Å². The third-order valence-electron chi connectivity index (χ3n) is 3.61. The van der Waals surface area contributed by atoms with Crippen LogP contribution in [0, 0.1) is 6.92 Å².